The minimum Gasteiger partial charge on any atom is -0.331 e. The number of aryl methyl sites for hydroxylation is 2. The van der Waals surface area contributed by atoms with Gasteiger partial charge in [-0.15, -0.1) is 0 Å². The Kier molecular flexibility index (Phi) is 3.08. The Balaban J connectivity index is 1.94. The van der Waals surface area contributed by atoms with Crippen molar-refractivity contribution in [2.24, 2.45) is 7.05 Å². The maximum Gasteiger partial charge on any atom is 0.111 e. The van der Waals surface area contributed by atoms with Crippen LogP contribution in [0.25, 0.3) is 11.0 Å². The molecule has 1 fully saturated rings. The molecule has 96 valence electrons. The minimum absolute atomic E-state index is 0.617. The fraction of sp³-hybridized carbons (Fsp3) is 0.533. The van der Waals surface area contributed by atoms with E-state index in [1.165, 1.54) is 29.7 Å². The summed E-state index contributed by atoms with van der Waals surface area (Å²) in [5.74, 6) is 1.21. The summed E-state index contributed by atoms with van der Waals surface area (Å²) >= 11 is 0. The highest BCUT2D eigenvalue weighted by atomic mass is 15.1. The number of imidazole rings is 1. The van der Waals surface area contributed by atoms with Gasteiger partial charge in [0.25, 0.3) is 0 Å². The molecule has 0 amide bonds. The minimum atomic E-state index is 0.617. The lowest BCUT2D eigenvalue weighted by atomic mass is 10.1. The quantitative estimate of drug-likeness (QED) is 0.897. The molecule has 1 N–H and O–H groups in total. The second kappa shape index (κ2) is 4.73. The second-order valence-corrected chi connectivity index (χ2v) is 5.26. The SMILES string of the molecule is CCc1ccc2c(c1)nc(CC1CCCN1)n2C. The van der Waals surface area contributed by atoms with Gasteiger partial charge in [-0.3, -0.25) is 0 Å². The average molecular weight is 243 g/mol. The lowest BCUT2D eigenvalue weighted by Crippen LogP contribution is -2.25. The Morgan fingerprint density at radius 3 is 3.06 bits per heavy atom. The second-order valence-electron chi connectivity index (χ2n) is 5.26. The lowest BCUT2D eigenvalue weighted by molar-refractivity contribution is 0.575. The molecule has 3 nitrogen and oxygen atoms in total. The van der Waals surface area contributed by atoms with Gasteiger partial charge in [0.2, 0.25) is 0 Å². The van der Waals surface area contributed by atoms with Crippen LogP contribution in [0, 0.1) is 0 Å². The van der Waals surface area contributed by atoms with Crippen LogP contribution in [0.4, 0.5) is 0 Å². The van der Waals surface area contributed by atoms with E-state index in [0.29, 0.717) is 6.04 Å². The van der Waals surface area contributed by atoms with Crippen LogP contribution in [0.15, 0.2) is 18.2 Å². The molecule has 0 radical (unpaired) electrons. The van der Waals surface area contributed by atoms with Gasteiger partial charge in [-0.05, 0) is 43.5 Å². The summed E-state index contributed by atoms with van der Waals surface area (Å²) in [6.07, 6.45) is 4.71. The zero-order valence-corrected chi connectivity index (χ0v) is 11.2. The molecule has 0 spiro atoms. The van der Waals surface area contributed by atoms with Gasteiger partial charge >= 0.3 is 0 Å². The molecule has 3 rings (SSSR count). The van der Waals surface area contributed by atoms with E-state index in [4.69, 9.17) is 4.98 Å². The Bertz CT molecular complexity index is 550. The van der Waals surface area contributed by atoms with E-state index in [9.17, 15) is 0 Å². The van der Waals surface area contributed by atoms with Crippen LogP contribution in [-0.2, 0) is 19.9 Å². The fourth-order valence-corrected chi connectivity index (χ4v) is 2.85. The van der Waals surface area contributed by atoms with Gasteiger partial charge in [0.1, 0.15) is 5.82 Å². The van der Waals surface area contributed by atoms with Gasteiger partial charge in [-0.1, -0.05) is 13.0 Å². The Morgan fingerprint density at radius 1 is 1.44 bits per heavy atom. The number of rotatable bonds is 3. The van der Waals surface area contributed by atoms with Crippen molar-refractivity contribution >= 4 is 11.0 Å². The molecule has 1 saturated heterocycles. The van der Waals surface area contributed by atoms with Gasteiger partial charge in [0, 0.05) is 19.5 Å². The number of benzene rings is 1. The van der Waals surface area contributed by atoms with E-state index in [0.717, 1.165) is 24.9 Å². The van der Waals surface area contributed by atoms with Crippen LogP contribution < -0.4 is 5.32 Å². The molecule has 1 aliphatic heterocycles. The Hall–Kier alpha value is -1.35. The van der Waals surface area contributed by atoms with Crippen LogP contribution in [0.1, 0.15) is 31.2 Å². The molecule has 1 unspecified atom stereocenters. The molecule has 1 aromatic heterocycles. The number of nitrogens with one attached hydrogen (secondary N) is 1. The predicted octanol–water partition coefficient (Wildman–Crippen LogP) is 2.43. The van der Waals surface area contributed by atoms with Gasteiger partial charge in [-0.2, -0.15) is 0 Å². The highest BCUT2D eigenvalue weighted by Crippen LogP contribution is 2.19. The van der Waals surface area contributed by atoms with Gasteiger partial charge in [0.05, 0.1) is 11.0 Å². The summed E-state index contributed by atoms with van der Waals surface area (Å²) in [6, 6.07) is 7.25. The predicted molar refractivity (Wildman–Crippen MR) is 74.8 cm³/mol. The van der Waals surface area contributed by atoms with Crippen LogP contribution in [0.5, 0.6) is 0 Å². The van der Waals surface area contributed by atoms with Crippen LogP contribution >= 0.6 is 0 Å². The number of hydrogen-bond acceptors (Lipinski definition) is 2. The molecule has 1 aliphatic rings. The molecule has 2 heterocycles. The monoisotopic (exact) mass is 243 g/mol. The zero-order chi connectivity index (χ0) is 12.5. The number of aromatic nitrogens is 2. The van der Waals surface area contributed by atoms with E-state index >= 15 is 0 Å². The summed E-state index contributed by atoms with van der Waals surface area (Å²) in [5.41, 5.74) is 3.76. The van der Waals surface area contributed by atoms with Crippen molar-refractivity contribution < 1.29 is 0 Å². The first-order valence-corrected chi connectivity index (χ1v) is 6.95. The fourth-order valence-electron chi connectivity index (χ4n) is 2.85. The molecular formula is C15H21N3. The van der Waals surface area contributed by atoms with Gasteiger partial charge < -0.3 is 9.88 Å². The van der Waals surface area contributed by atoms with E-state index < -0.39 is 0 Å². The highest BCUT2D eigenvalue weighted by Gasteiger charge is 2.17. The maximum absolute atomic E-state index is 4.81. The summed E-state index contributed by atoms with van der Waals surface area (Å²) < 4.78 is 2.24. The third-order valence-corrected chi connectivity index (χ3v) is 4.04. The van der Waals surface area contributed by atoms with Crippen LogP contribution in [0.2, 0.25) is 0 Å². The Morgan fingerprint density at radius 2 is 2.33 bits per heavy atom. The molecule has 0 saturated carbocycles. The molecule has 0 aliphatic carbocycles. The summed E-state index contributed by atoms with van der Waals surface area (Å²) in [7, 11) is 2.13. The molecule has 0 bridgehead atoms. The molecule has 1 aromatic carbocycles. The van der Waals surface area contributed by atoms with Crippen molar-refractivity contribution in [3.8, 4) is 0 Å². The maximum atomic E-state index is 4.81. The van der Waals surface area contributed by atoms with Gasteiger partial charge in [-0.25, -0.2) is 4.98 Å². The van der Waals surface area contributed by atoms with Crippen molar-refractivity contribution in [1.82, 2.24) is 14.9 Å². The van der Waals surface area contributed by atoms with Crippen molar-refractivity contribution in [2.75, 3.05) is 6.54 Å². The summed E-state index contributed by atoms with van der Waals surface area (Å²) in [4.78, 5) is 4.81. The van der Waals surface area contributed by atoms with Crippen LogP contribution in [0.3, 0.4) is 0 Å². The number of hydrogen-bond donors (Lipinski definition) is 1. The van der Waals surface area contributed by atoms with E-state index in [1.807, 2.05) is 0 Å². The first-order chi connectivity index (χ1) is 8.78. The lowest BCUT2D eigenvalue weighted by Gasteiger charge is -2.09. The first kappa shape index (κ1) is 11.7. The first-order valence-electron chi connectivity index (χ1n) is 6.95. The number of fused-ring (bicyclic) bond motifs is 1. The zero-order valence-electron chi connectivity index (χ0n) is 11.2. The molecule has 2 aromatic rings. The highest BCUT2D eigenvalue weighted by molar-refractivity contribution is 5.76. The third-order valence-electron chi connectivity index (χ3n) is 4.04. The van der Waals surface area contributed by atoms with E-state index in [-0.39, 0.29) is 0 Å². The van der Waals surface area contributed by atoms with Crippen molar-refractivity contribution in [3.63, 3.8) is 0 Å². The van der Waals surface area contributed by atoms with Crippen LogP contribution in [-0.4, -0.2) is 22.1 Å². The van der Waals surface area contributed by atoms with Crippen molar-refractivity contribution in [3.05, 3.63) is 29.6 Å². The third kappa shape index (κ3) is 2.03. The smallest absolute Gasteiger partial charge is 0.111 e. The summed E-state index contributed by atoms with van der Waals surface area (Å²) in [6.45, 7) is 3.35. The van der Waals surface area contributed by atoms with E-state index in [2.05, 4.69) is 42.1 Å². The number of nitrogens with zero attached hydrogens (tertiary/aromatic N) is 2. The Labute approximate surface area is 108 Å². The van der Waals surface area contributed by atoms with Crippen molar-refractivity contribution in [2.45, 2.75) is 38.6 Å². The average Bonchev–Trinajstić information content (AvgIpc) is 2.99. The molecule has 3 heteroatoms. The molecule has 18 heavy (non-hydrogen) atoms. The van der Waals surface area contributed by atoms with E-state index in [1.54, 1.807) is 0 Å². The largest absolute Gasteiger partial charge is 0.331 e. The van der Waals surface area contributed by atoms with Gasteiger partial charge in [0.15, 0.2) is 0 Å². The topological polar surface area (TPSA) is 29.9 Å². The molecular weight excluding hydrogens is 222 g/mol. The standard InChI is InChI=1S/C15H21N3/c1-3-11-6-7-14-13(9-11)17-15(18(14)2)10-12-5-4-8-16-12/h6-7,9,12,16H,3-5,8,10H2,1-2H3. The van der Waals surface area contributed by atoms with Crippen molar-refractivity contribution in [1.29, 1.82) is 0 Å². The molecule has 1 atom stereocenters. The normalized spacial score (nSPS) is 19.8. The summed E-state index contributed by atoms with van der Waals surface area (Å²) in [5, 5.41) is 3.55.